The summed E-state index contributed by atoms with van der Waals surface area (Å²) in [7, 11) is 0. The van der Waals surface area contributed by atoms with Crippen molar-refractivity contribution in [3.05, 3.63) is 59.4 Å². The smallest absolute Gasteiger partial charge is 0.119 e. The van der Waals surface area contributed by atoms with Gasteiger partial charge in [-0.15, -0.1) is 0 Å². The molecule has 1 unspecified atom stereocenters. The van der Waals surface area contributed by atoms with Gasteiger partial charge >= 0.3 is 0 Å². The number of rotatable bonds is 8. The van der Waals surface area contributed by atoms with Crippen molar-refractivity contribution in [3.63, 3.8) is 0 Å². The van der Waals surface area contributed by atoms with Crippen LogP contribution in [-0.2, 0) is 6.42 Å². The molecular weight excluding hydrogens is 288 g/mol. The number of aliphatic hydroxyl groups is 1. The Morgan fingerprint density at radius 2 is 2.00 bits per heavy atom. The molecule has 1 heterocycles. The second kappa shape index (κ2) is 8.62. The molecule has 0 aliphatic carbocycles. The van der Waals surface area contributed by atoms with Crippen LogP contribution in [0.1, 0.15) is 5.69 Å². The molecule has 1 atom stereocenters. The summed E-state index contributed by atoms with van der Waals surface area (Å²) in [5.74, 6) is 0.701. The first-order valence-corrected chi connectivity index (χ1v) is 7.29. The van der Waals surface area contributed by atoms with Crippen LogP contribution in [0.2, 0.25) is 5.02 Å². The third-order valence-corrected chi connectivity index (χ3v) is 3.17. The summed E-state index contributed by atoms with van der Waals surface area (Å²) >= 11 is 5.79. The molecule has 0 radical (unpaired) electrons. The van der Waals surface area contributed by atoms with Crippen LogP contribution in [0.25, 0.3) is 0 Å². The molecule has 0 aliphatic rings. The van der Waals surface area contributed by atoms with E-state index in [0.717, 1.165) is 18.7 Å². The van der Waals surface area contributed by atoms with E-state index in [-0.39, 0.29) is 6.61 Å². The number of pyridine rings is 1. The Kier molecular flexibility index (Phi) is 6.47. The Hall–Kier alpha value is -1.62. The summed E-state index contributed by atoms with van der Waals surface area (Å²) in [5, 5.41) is 13.7. The lowest BCUT2D eigenvalue weighted by molar-refractivity contribution is 0.106. The lowest BCUT2D eigenvalue weighted by atomic mass is 10.2. The van der Waals surface area contributed by atoms with Crippen LogP contribution in [0.4, 0.5) is 0 Å². The van der Waals surface area contributed by atoms with Crippen molar-refractivity contribution < 1.29 is 9.84 Å². The number of aliphatic hydroxyl groups excluding tert-OH is 1. The molecule has 0 spiro atoms. The van der Waals surface area contributed by atoms with Crippen molar-refractivity contribution in [2.24, 2.45) is 0 Å². The van der Waals surface area contributed by atoms with Crippen LogP contribution in [-0.4, -0.2) is 35.9 Å². The highest BCUT2D eigenvalue weighted by Crippen LogP contribution is 2.15. The van der Waals surface area contributed by atoms with Crippen molar-refractivity contribution in [1.29, 1.82) is 0 Å². The number of ether oxygens (including phenoxy) is 1. The first-order chi connectivity index (χ1) is 10.2. The molecule has 21 heavy (non-hydrogen) atoms. The molecule has 2 N–H and O–H groups in total. The fourth-order valence-electron chi connectivity index (χ4n) is 1.81. The molecule has 0 saturated carbocycles. The molecular formula is C16H19ClN2O2. The molecule has 2 aromatic rings. The summed E-state index contributed by atoms with van der Waals surface area (Å²) in [6.07, 6.45) is 2.07. The molecule has 0 aliphatic heterocycles. The average molecular weight is 307 g/mol. The van der Waals surface area contributed by atoms with Gasteiger partial charge in [0.25, 0.3) is 0 Å². The first kappa shape index (κ1) is 15.8. The molecule has 0 bridgehead atoms. The number of nitrogens with zero attached hydrogens (tertiary/aromatic N) is 1. The summed E-state index contributed by atoms with van der Waals surface area (Å²) in [6, 6.07) is 12.9. The Labute approximate surface area is 129 Å². The van der Waals surface area contributed by atoms with E-state index in [1.807, 2.05) is 18.2 Å². The minimum Gasteiger partial charge on any atom is -0.491 e. The summed E-state index contributed by atoms with van der Waals surface area (Å²) in [4.78, 5) is 4.24. The van der Waals surface area contributed by atoms with Gasteiger partial charge in [-0.05, 0) is 36.4 Å². The molecule has 4 nitrogen and oxygen atoms in total. The molecule has 0 saturated heterocycles. The van der Waals surface area contributed by atoms with Crippen LogP contribution in [0.15, 0.2) is 48.7 Å². The number of nitrogens with one attached hydrogen (secondary N) is 1. The zero-order chi connectivity index (χ0) is 14.9. The zero-order valence-electron chi connectivity index (χ0n) is 11.7. The minimum atomic E-state index is -0.551. The van der Waals surface area contributed by atoms with E-state index in [9.17, 15) is 5.11 Å². The van der Waals surface area contributed by atoms with E-state index < -0.39 is 6.10 Å². The largest absolute Gasteiger partial charge is 0.491 e. The maximum Gasteiger partial charge on any atom is 0.119 e. The lowest BCUT2D eigenvalue weighted by Crippen LogP contribution is -2.32. The maximum atomic E-state index is 9.83. The number of benzene rings is 1. The van der Waals surface area contributed by atoms with E-state index in [1.165, 1.54) is 0 Å². The van der Waals surface area contributed by atoms with Gasteiger partial charge in [0.1, 0.15) is 18.5 Å². The van der Waals surface area contributed by atoms with Crippen molar-refractivity contribution in [2.45, 2.75) is 12.5 Å². The first-order valence-electron chi connectivity index (χ1n) is 6.91. The van der Waals surface area contributed by atoms with Gasteiger partial charge in [-0.2, -0.15) is 0 Å². The third-order valence-electron chi connectivity index (χ3n) is 2.92. The van der Waals surface area contributed by atoms with Gasteiger partial charge in [0.2, 0.25) is 0 Å². The van der Waals surface area contributed by atoms with E-state index in [2.05, 4.69) is 10.3 Å². The molecule has 112 valence electrons. The third kappa shape index (κ3) is 6.12. The maximum absolute atomic E-state index is 9.83. The normalized spacial score (nSPS) is 12.1. The van der Waals surface area contributed by atoms with Crippen LogP contribution >= 0.6 is 11.6 Å². The van der Waals surface area contributed by atoms with Gasteiger partial charge in [0.15, 0.2) is 0 Å². The van der Waals surface area contributed by atoms with Crippen molar-refractivity contribution in [1.82, 2.24) is 10.3 Å². The lowest BCUT2D eigenvalue weighted by Gasteiger charge is -2.13. The van der Waals surface area contributed by atoms with E-state index in [0.29, 0.717) is 17.3 Å². The monoisotopic (exact) mass is 306 g/mol. The SMILES string of the molecule is OC(CNCCc1ccccn1)COc1ccc(Cl)cc1. The summed E-state index contributed by atoms with van der Waals surface area (Å²) in [5.41, 5.74) is 1.04. The van der Waals surface area contributed by atoms with Gasteiger partial charge in [-0.1, -0.05) is 17.7 Å². The summed E-state index contributed by atoms with van der Waals surface area (Å²) < 4.78 is 5.48. The standard InChI is InChI=1S/C16H19ClN2O2/c17-13-4-6-16(7-5-13)21-12-15(20)11-18-10-8-14-3-1-2-9-19-14/h1-7,9,15,18,20H,8,10-12H2. The second-order valence-corrected chi connectivity index (χ2v) is 5.13. The highest BCUT2D eigenvalue weighted by Gasteiger charge is 2.05. The fraction of sp³-hybridized carbons (Fsp3) is 0.312. The van der Waals surface area contributed by atoms with E-state index in [4.69, 9.17) is 16.3 Å². The van der Waals surface area contributed by atoms with Gasteiger partial charge in [0.05, 0.1) is 0 Å². The molecule has 1 aromatic heterocycles. The number of hydrogen-bond donors (Lipinski definition) is 2. The zero-order valence-corrected chi connectivity index (χ0v) is 12.5. The van der Waals surface area contributed by atoms with Crippen LogP contribution in [0.5, 0.6) is 5.75 Å². The van der Waals surface area contributed by atoms with Crippen LogP contribution in [0, 0.1) is 0 Å². The Morgan fingerprint density at radius 1 is 1.19 bits per heavy atom. The van der Waals surface area contributed by atoms with E-state index >= 15 is 0 Å². The van der Waals surface area contributed by atoms with E-state index in [1.54, 1.807) is 30.5 Å². The predicted molar refractivity (Wildman–Crippen MR) is 83.8 cm³/mol. The quantitative estimate of drug-likeness (QED) is 0.735. The highest BCUT2D eigenvalue weighted by molar-refractivity contribution is 6.30. The van der Waals surface area contributed by atoms with Gasteiger partial charge in [-0.3, -0.25) is 4.98 Å². The Balaban J connectivity index is 1.59. The van der Waals surface area contributed by atoms with Crippen molar-refractivity contribution in [2.75, 3.05) is 19.7 Å². The van der Waals surface area contributed by atoms with Crippen LogP contribution < -0.4 is 10.1 Å². The van der Waals surface area contributed by atoms with Crippen molar-refractivity contribution >= 4 is 11.6 Å². The summed E-state index contributed by atoms with van der Waals surface area (Å²) in [6.45, 7) is 1.51. The molecule has 5 heteroatoms. The van der Waals surface area contributed by atoms with Gasteiger partial charge < -0.3 is 15.2 Å². The Bertz CT molecular complexity index is 520. The number of halogens is 1. The highest BCUT2D eigenvalue weighted by atomic mass is 35.5. The Morgan fingerprint density at radius 3 is 2.71 bits per heavy atom. The van der Waals surface area contributed by atoms with Gasteiger partial charge in [-0.25, -0.2) is 0 Å². The molecule has 0 fully saturated rings. The average Bonchev–Trinajstić information content (AvgIpc) is 2.52. The topological polar surface area (TPSA) is 54.4 Å². The molecule has 2 rings (SSSR count). The van der Waals surface area contributed by atoms with Crippen LogP contribution in [0.3, 0.4) is 0 Å². The predicted octanol–water partition coefficient (Wildman–Crippen LogP) is 2.31. The molecule has 1 aromatic carbocycles. The second-order valence-electron chi connectivity index (χ2n) is 4.69. The minimum absolute atomic E-state index is 0.248. The number of aromatic nitrogens is 1. The van der Waals surface area contributed by atoms with Crippen molar-refractivity contribution in [3.8, 4) is 5.75 Å². The van der Waals surface area contributed by atoms with Gasteiger partial charge in [0, 0.05) is 36.4 Å². The number of hydrogen-bond acceptors (Lipinski definition) is 4. The molecule has 0 amide bonds. The fourth-order valence-corrected chi connectivity index (χ4v) is 1.94.